The fraction of sp³-hybridized carbons (Fsp3) is 0.370. The fourth-order valence-corrected chi connectivity index (χ4v) is 5.46. The van der Waals surface area contributed by atoms with Crippen LogP contribution in [0.4, 0.5) is 0 Å². The van der Waals surface area contributed by atoms with Gasteiger partial charge in [0.2, 0.25) is 0 Å². The summed E-state index contributed by atoms with van der Waals surface area (Å²) in [6, 6.07) is 13.2. The van der Waals surface area contributed by atoms with Crippen LogP contribution >= 0.6 is 0 Å². The van der Waals surface area contributed by atoms with Crippen molar-refractivity contribution in [1.29, 1.82) is 0 Å². The van der Waals surface area contributed by atoms with Crippen molar-refractivity contribution in [3.05, 3.63) is 82.7 Å². The Morgan fingerprint density at radius 3 is 1.88 bits per heavy atom. The number of nitrogens with zero attached hydrogens (tertiary/aromatic N) is 1. The minimum atomic E-state index is -3.82. The van der Waals surface area contributed by atoms with Crippen molar-refractivity contribution in [2.45, 2.75) is 70.6 Å². The summed E-state index contributed by atoms with van der Waals surface area (Å²) < 4.78 is 27.6. The molecular formula is C27H33NO4S. The molecule has 2 aromatic carbocycles. The first-order valence-corrected chi connectivity index (χ1v) is 12.6. The molecule has 0 aliphatic heterocycles. The summed E-state index contributed by atoms with van der Waals surface area (Å²) in [6.45, 7) is 13.8. The molecule has 0 aliphatic carbocycles. The van der Waals surface area contributed by atoms with Crippen molar-refractivity contribution in [2.24, 2.45) is 0 Å². The number of carbonyl (C=O) groups is 1. The van der Waals surface area contributed by atoms with Gasteiger partial charge in [-0.15, -0.1) is 0 Å². The minimum Gasteiger partial charge on any atom is -0.507 e. The third-order valence-corrected chi connectivity index (χ3v) is 7.55. The molecule has 1 heterocycles. The molecule has 176 valence electrons. The Bertz CT molecular complexity index is 1250. The molecule has 3 aromatic rings. The molecule has 0 atom stereocenters. The lowest BCUT2D eigenvalue weighted by Crippen LogP contribution is -2.19. The zero-order valence-electron chi connectivity index (χ0n) is 20.4. The maximum Gasteiger partial charge on any atom is 0.267 e. The van der Waals surface area contributed by atoms with Crippen LogP contribution in [0.5, 0.6) is 5.75 Å². The Kier molecular flexibility index (Phi) is 6.37. The number of hydrogen-bond donors (Lipinski definition) is 1. The second kappa shape index (κ2) is 8.49. The number of benzene rings is 2. The smallest absolute Gasteiger partial charge is 0.267 e. The van der Waals surface area contributed by atoms with E-state index in [1.165, 1.54) is 10.2 Å². The number of ketones is 1. The summed E-state index contributed by atoms with van der Waals surface area (Å²) in [5.41, 5.74) is 1.84. The Morgan fingerprint density at radius 1 is 0.909 bits per heavy atom. The highest BCUT2D eigenvalue weighted by Gasteiger charge is 2.30. The van der Waals surface area contributed by atoms with E-state index in [9.17, 15) is 18.3 Å². The van der Waals surface area contributed by atoms with E-state index in [1.807, 2.05) is 48.5 Å². The second-order valence-electron chi connectivity index (χ2n) is 10.4. The monoisotopic (exact) mass is 467 g/mol. The topological polar surface area (TPSA) is 76.4 Å². The van der Waals surface area contributed by atoms with E-state index in [-0.39, 0.29) is 27.3 Å². The van der Waals surface area contributed by atoms with Crippen LogP contribution in [0, 0.1) is 0 Å². The summed E-state index contributed by atoms with van der Waals surface area (Å²) >= 11 is 0. The molecule has 0 aliphatic rings. The number of carbonyl (C=O) groups excluding carboxylic acids is 1. The summed E-state index contributed by atoms with van der Waals surface area (Å²) in [5.74, 6) is -0.0589. The summed E-state index contributed by atoms with van der Waals surface area (Å²) in [6.07, 6.45) is 1.82. The Labute approximate surface area is 197 Å². The van der Waals surface area contributed by atoms with Gasteiger partial charge in [-0.3, -0.25) is 4.79 Å². The number of phenols is 1. The fourth-order valence-electron chi connectivity index (χ4n) is 4.00. The standard InChI is InChI=1S/C27H33NO4S/c1-8-23-20(14-15-28(23)33(31,32)19-12-10-9-11-13-19)24(29)18-16-21(26(2,3)4)25(30)22(17-18)27(5,6)7/h9-17,30H,8H2,1-7H3. The lowest BCUT2D eigenvalue weighted by Gasteiger charge is -2.28. The van der Waals surface area contributed by atoms with Crippen molar-refractivity contribution in [3.8, 4) is 5.75 Å². The third kappa shape index (κ3) is 4.62. The van der Waals surface area contributed by atoms with E-state index in [2.05, 4.69) is 0 Å². The van der Waals surface area contributed by atoms with Crippen LogP contribution < -0.4 is 0 Å². The lowest BCUT2D eigenvalue weighted by atomic mass is 9.77. The first-order valence-electron chi connectivity index (χ1n) is 11.1. The summed E-state index contributed by atoms with van der Waals surface area (Å²) in [7, 11) is -3.82. The maximum atomic E-state index is 13.7. The van der Waals surface area contributed by atoms with Crippen LogP contribution in [0.2, 0.25) is 0 Å². The van der Waals surface area contributed by atoms with Crippen molar-refractivity contribution in [3.63, 3.8) is 0 Å². The van der Waals surface area contributed by atoms with E-state index < -0.39 is 10.0 Å². The van der Waals surface area contributed by atoms with Crippen molar-refractivity contribution >= 4 is 15.8 Å². The van der Waals surface area contributed by atoms with E-state index in [1.54, 1.807) is 48.5 Å². The molecule has 1 N–H and O–H groups in total. The first kappa shape index (κ1) is 24.8. The van der Waals surface area contributed by atoms with Gasteiger partial charge in [-0.05, 0) is 47.6 Å². The minimum absolute atomic E-state index is 0.170. The van der Waals surface area contributed by atoms with Gasteiger partial charge in [0.05, 0.1) is 4.90 Å². The predicted molar refractivity (Wildman–Crippen MR) is 132 cm³/mol. The van der Waals surface area contributed by atoms with E-state index >= 15 is 0 Å². The van der Waals surface area contributed by atoms with Crippen molar-refractivity contribution in [1.82, 2.24) is 3.97 Å². The Balaban J connectivity index is 2.20. The van der Waals surface area contributed by atoms with Gasteiger partial charge in [0.1, 0.15) is 5.75 Å². The third-order valence-electron chi connectivity index (χ3n) is 5.82. The Morgan fingerprint density at radius 2 is 1.42 bits per heavy atom. The average molecular weight is 468 g/mol. The second-order valence-corrected chi connectivity index (χ2v) is 12.2. The zero-order chi connectivity index (χ0) is 24.8. The van der Waals surface area contributed by atoms with Gasteiger partial charge in [0, 0.05) is 34.1 Å². The molecule has 0 spiro atoms. The van der Waals surface area contributed by atoms with Crippen LogP contribution in [-0.4, -0.2) is 23.3 Å². The molecule has 5 nitrogen and oxygen atoms in total. The predicted octanol–water partition coefficient (Wildman–Crippen LogP) is 5.82. The van der Waals surface area contributed by atoms with Gasteiger partial charge in [0.15, 0.2) is 5.78 Å². The lowest BCUT2D eigenvalue weighted by molar-refractivity contribution is 0.103. The quantitative estimate of drug-likeness (QED) is 0.480. The number of phenolic OH excluding ortho intramolecular Hbond substituents is 1. The number of aromatic nitrogens is 1. The van der Waals surface area contributed by atoms with Crippen LogP contribution in [0.3, 0.4) is 0 Å². The largest absolute Gasteiger partial charge is 0.507 e. The molecule has 0 fully saturated rings. The molecule has 1 aromatic heterocycles. The normalized spacial score (nSPS) is 12.7. The molecule has 0 amide bonds. The molecule has 0 bridgehead atoms. The number of rotatable bonds is 5. The number of hydrogen-bond acceptors (Lipinski definition) is 4. The Hall–Kier alpha value is -2.86. The average Bonchev–Trinajstić information content (AvgIpc) is 3.17. The van der Waals surface area contributed by atoms with Gasteiger partial charge >= 0.3 is 0 Å². The molecule has 6 heteroatoms. The summed E-state index contributed by atoms with van der Waals surface area (Å²) in [4.78, 5) is 13.9. The molecule has 33 heavy (non-hydrogen) atoms. The van der Waals surface area contributed by atoms with Gasteiger partial charge in [0.25, 0.3) is 10.0 Å². The van der Waals surface area contributed by atoms with Gasteiger partial charge < -0.3 is 5.11 Å². The van der Waals surface area contributed by atoms with Gasteiger partial charge in [-0.2, -0.15) is 0 Å². The van der Waals surface area contributed by atoms with Crippen molar-refractivity contribution in [2.75, 3.05) is 0 Å². The molecule has 0 saturated heterocycles. The summed E-state index contributed by atoms with van der Waals surface area (Å²) in [5, 5.41) is 11.0. The van der Waals surface area contributed by atoms with Crippen LogP contribution in [0.25, 0.3) is 0 Å². The van der Waals surface area contributed by atoms with E-state index in [4.69, 9.17) is 0 Å². The van der Waals surface area contributed by atoms with Gasteiger partial charge in [-0.25, -0.2) is 12.4 Å². The highest BCUT2D eigenvalue weighted by Crippen LogP contribution is 2.40. The van der Waals surface area contributed by atoms with Crippen molar-refractivity contribution < 1.29 is 18.3 Å². The highest BCUT2D eigenvalue weighted by atomic mass is 32.2. The first-order chi connectivity index (χ1) is 15.2. The zero-order valence-corrected chi connectivity index (χ0v) is 21.2. The van der Waals surface area contributed by atoms with Crippen LogP contribution in [-0.2, 0) is 27.3 Å². The SMILES string of the molecule is CCc1c(C(=O)c2cc(C(C)(C)C)c(O)c(C(C)(C)C)c2)ccn1S(=O)(=O)c1ccccc1. The van der Waals surface area contributed by atoms with Crippen LogP contribution in [0.15, 0.2) is 59.6 Å². The number of aromatic hydroxyl groups is 1. The molecule has 0 unspecified atom stereocenters. The van der Waals surface area contributed by atoms with E-state index in [0.29, 0.717) is 34.4 Å². The maximum absolute atomic E-state index is 13.7. The highest BCUT2D eigenvalue weighted by molar-refractivity contribution is 7.90. The molecule has 0 radical (unpaired) electrons. The molecule has 0 saturated carbocycles. The van der Waals surface area contributed by atoms with Gasteiger partial charge in [-0.1, -0.05) is 66.7 Å². The van der Waals surface area contributed by atoms with E-state index in [0.717, 1.165) is 0 Å². The van der Waals surface area contributed by atoms with Crippen LogP contribution in [0.1, 0.15) is 81.2 Å². The molecule has 3 rings (SSSR count). The molecular weight excluding hydrogens is 434 g/mol.